The molecule has 0 amide bonds. The molecule has 1 spiro atoms. The Morgan fingerprint density at radius 3 is 2.82 bits per heavy atom. The molecule has 17 heavy (non-hydrogen) atoms. The van der Waals surface area contributed by atoms with Crippen molar-refractivity contribution in [1.29, 1.82) is 0 Å². The lowest BCUT2D eigenvalue weighted by molar-refractivity contribution is -0.0998. The largest absolute Gasteiger partial charge is 0.385 e. The van der Waals surface area contributed by atoms with Crippen LogP contribution in [0, 0.1) is 5.41 Å². The lowest BCUT2D eigenvalue weighted by Gasteiger charge is -2.43. The zero-order valence-corrected chi connectivity index (χ0v) is 11.6. The summed E-state index contributed by atoms with van der Waals surface area (Å²) >= 11 is 0. The summed E-state index contributed by atoms with van der Waals surface area (Å²) in [6, 6.07) is 0.521. The van der Waals surface area contributed by atoms with Crippen LogP contribution in [-0.2, 0) is 9.47 Å². The van der Waals surface area contributed by atoms with Gasteiger partial charge >= 0.3 is 0 Å². The third kappa shape index (κ3) is 3.01. The average molecular weight is 241 g/mol. The van der Waals surface area contributed by atoms with E-state index in [1.807, 2.05) is 0 Å². The van der Waals surface area contributed by atoms with Gasteiger partial charge in [-0.25, -0.2) is 0 Å². The minimum atomic E-state index is 0.107. The first-order valence-corrected chi connectivity index (χ1v) is 6.94. The second-order valence-corrected chi connectivity index (χ2v) is 6.40. The molecule has 1 aliphatic carbocycles. The number of ether oxygens (including phenoxy) is 2. The Bertz CT molecular complexity index is 255. The van der Waals surface area contributed by atoms with Gasteiger partial charge in [-0.05, 0) is 37.5 Å². The second kappa shape index (κ2) is 5.25. The molecule has 1 saturated heterocycles. The zero-order valence-electron chi connectivity index (χ0n) is 11.6. The Morgan fingerprint density at radius 2 is 2.18 bits per heavy atom. The molecular formula is C14H27NO2. The highest BCUT2D eigenvalue weighted by molar-refractivity contribution is 5.04. The number of nitrogens with one attached hydrogen (secondary N) is 1. The molecule has 100 valence electrons. The van der Waals surface area contributed by atoms with Crippen LogP contribution in [0.4, 0.5) is 0 Å². The Hall–Kier alpha value is -0.120. The Labute approximate surface area is 105 Å². The maximum atomic E-state index is 6.20. The Kier molecular flexibility index (Phi) is 4.11. The van der Waals surface area contributed by atoms with Gasteiger partial charge in [0.05, 0.1) is 12.2 Å². The molecule has 3 heteroatoms. The molecule has 0 aromatic heterocycles. The van der Waals surface area contributed by atoms with Crippen molar-refractivity contribution in [1.82, 2.24) is 5.32 Å². The van der Waals surface area contributed by atoms with Crippen molar-refractivity contribution in [3.63, 3.8) is 0 Å². The fourth-order valence-electron chi connectivity index (χ4n) is 3.53. The fraction of sp³-hybridized carbons (Fsp3) is 1.00. The van der Waals surface area contributed by atoms with Crippen molar-refractivity contribution >= 4 is 0 Å². The van der Waals surface area contributed by atoms with Crippen molar-refractivity contribution < 1.29 is 9.47 Å². The maximum absolute atomic E-state index is 6.20. The topological polar surface area (TPSA) is 30.5 Å². The quantitative estimate of drug-likeness (QED) is 0.766. The summed E-state index contributed by atoms with van der Waals surface area (Å²) in [5.41, 5.74) is 0.550. The van der Waals surface area contributed by atoms with Gasteiger partial charge in [0, 0.05) is 26.3 Å². The van der Waals surface area contributed by atoms with Crippen molar-refractivity contribution in [2.45, 2.75) is 57.6 Å². The lowest BCUT2D eigenvalue weighted by Crippen LogP contribution is -2.57. The predicted octanol–water partition coefficient (Wildman–Crippen LogP) is 2.35. The zero-order chi connectivity index (χ0) is 12.4. The molecule has 1 N–H and O–H groups in total. The van der Waals surface area contributed by atoms with E-state index in [9.17, 15) is 0 Å². The highest BCUT2D eigenvalue weighted by Gasteiger charge is 2.50. The molecule has 0 aromatic carbocycles. The van der Waals surface area contributed by atoms with Crippen LogP contribution in [0.1, 0.15) is 46.0 Å². The van der Waals surface area contributed by atoms with Gasteiger partial charge in [0.25, 0.3) is 0 Å². The second-order valence-electron chi connectivity index (χ2n) is 6.40. The van der Waals surface area contributed by atoms with E-state index in [2.05, 4.69) is 19.2 Å². The van der Waals surface area contributed by atoms with E-state index in [1.54, 1.807) is 7.11 Å². The SMILES string of the molecule is COCCCC1NCCOC12CCC(C)(C)C2. The van der Waals surface area contributed by atoms with E-state index in [0.29, 0.717) is 11.5 Å². The first-order valence-electron chi connectivity index (χ1n) is 6.94. The summed E-state index contributed by atoms with van der Waals surface area (Å²) < 4.78 is 11.4. The van der Waals surface area contributed by atoms with Gasteiger partial charge in [-0.3, -0.25) is 0 Å². The van der Waals surface area contributed by atoms with E-state index in [1.165, 1.54) is 25.7 Å². The third-order valence-electron chi connectivity index (χ3n) is 4.36. The van der Waals surface area contributed by atoms with Crippen molar-refractivity contribution in [2.75, 3.05) is 26.9 Å². The van der Waals surface area contributed by atoms with Crippen LogP contribution in [0.5, 0.6) is 0 Å². The van der Waals surface area contributed by atoms with Crippen molar-refractivity contribution in [3.8, 4) is 0 Å². The summed E-state index contributed by atoms with van der Waals surface area (Å²) in [6.45, 7) is 7.46. The van der Waals surface area contributed by atoms with Gasteiger partial charge in [0.15, 0.2) is 0 Å². The number of hydrogen-bond donors (Lipinski definition) is 1. The summed E-state index contributed by atoms with van der Waals surface area (Å²) in [7, 11) is 1.78. The molecule has 2 aliphatic rings. The standard InChI is InChI=1S/C14H27NO2/c1-13(2)6-7-14(11-13)12(5-4-9-16-3)15-8-10-17-14/h12,15H,4-11H2,1-3H3. The molecule has 0 bridgehead atoms. The first-order chi connectivity index (χ1) is 8.08. The molecule has 1 aliphatic heterocycles. The highest BCUT2D eigenvalue weighted by Crippen LogP contribution is 2.48. The minimum absolute atomic E-state index is 0.107. The van der Waals surface area contributed by atoms with Crippen LogP contribution in [0.2, 0.25) is 0 Å². The smallest absolute Gasteiger partial charge is 0.0840 e. The molecule has 0 radical (unpaired) electrons. The first kappa shape index (κ1) is 13.3. The van der Waals surface area contributed by atoms with Gasteiger partial charge in [-0.2, -0.15) is 0 Å². The van der Waals surface area contributed by atoms with Crippen LogP contribution in [0.25, 0.3) is 0 Å². The van der Waals surface area contributed by atoms with Gasteiger partial charge in [-0.15, -0.1) is 0 Å². The van der Waals surface area contributed by atoms with Crippen LogP contribution in [-0.4, -0.2) is 38.5 Å². The van der Waals surface area contributed by atoms with Crippen molar-refractivity contribution in [3.05, 3.63) is 0 Å². The van der Waals surface area contributed by atoms with Crippen LogP contribution < -0.4 is 5.32 Å². The Morgan fingerprint density at radius 1 is 1.35 bits per heavy atom. The molecular weight excluding hydrogens is 214 g/mol. The molecule has 2 fully saturated rings. The maximum Gasteiger partial charge on any atom is 0.0840 e. The summed E-state index contributed by atoms with van der Waals surface area (Å²) in [5, 5.41) is 3.67. The molecule has 2 rings (SSSR count). The lowest BCUT2D eigenvalue weighted by atomic mass is 9.83. The van der Waals surface area contributed by atoms with Gasteiger partial charge in [0.1, 0.15) is 0 Å². The van der Waals surface area contributed by atoms with Crippen LogP contribution in [0.15, 0.2) is 0 Å². The molecule has 1 saturated carbocycles. The number of hydrogen-bond acceptors (Lipinski definition) is 3. The number of morpholine rings is 1. The van der Waals surface area contributed by atoms with E-state index in [-0.39, 0.29) is 5.60 Å². The van der Waals surface area contributed by atoms with E-state index >= 15 is 0 Å². The highest BCUT2D eigenvalue weighted by atomic mass is 16.5. The predicted molar refractivity (Wildman–Crippen MR) is 69.2 cm³/mol. The number of methoxy groups -OCH3 is 1. The molecule has 3 nitrogen and oxygen atoms in total. The van der Waals surface area contributed by atoms with Crippen LogP contribution in [0.3, 0.4) is 0 Å². The summed E-state index contributed by atoms with van der Waals surface area (Å²) in [4.78, 5) is 0. The Balaban J connectivity index is 1.97. The molecule has 2 unspecified atom stereocenters. The third-order valence-corrected chi connectivity index (χ3v) is 4.36. The normalized spacial score (nSPS) is 36.5. The summed E-state index contributed by atoms with van der Waals surface area (Å²) in [5.74, 6) is 0. The molecule has 1 heterocycles. The molecule has 0 aromatic rings. The number of rotatable bonds is 4. The van der Waals surface area contributed by atoms with E-state index in [0.717, 1.165) is 26.2 Å². The van der Waals surface area contributed by atoms with Gasteiger partial charge in [-0.1, -0.05) is 13.8 Å². The molecule has 2 atom stereocenters. The van der Waals surface area contributed by atoms with Gasteiger partial charge < -0.3 is 14.8 Å². The van der Waals surface area contributed by atoms with Crippen molar-refractivity contribution in [2.24, 2.45) is 5.41 Å². The summed E-state index contributed by atoms with van der Waals surface area (Å²) in [6.07, 6.45) is 5.99. The monoisotopic (exact) mass is 241 g/mol. The van der Waals surface area contributed by atoms with Gasteiger partial charge in [0.2, 0.25) is 0 Å². The van der Waals surface area contributed by atoms with E-state index in [4.69, 9.17) is 9.47 Å². The van der Waals surface area contributed by atoms with E-state index < -0.39 is 0 Å². The average Bonchev–Trinajstić information content (AvgIpc) is 2.58. The van der Waals surface area contributed by atoms with Crippen LogP contribution >= 0.6 is 0 Å². The fourth-order valence-corrected chi connectivity index (χ4v) is 3.53. The minimum Gasteiger partial charge on any atom is -0.385 e.